The van der Waals surface area contributed by atoms with Gasteiger partial charge in [0.05, 0.1) is 6.54 Å². The minimum Gasteiger partial charge on any atom is -0.342 e. The van der Waals surface area contributed by atoms with Gasteiger partial charge in [-0.25, -0.2) is 9.97 Å². The summed E-state index contributed by atoms with van der Waals surface area (Å²) in [7, 11) is 0. The van der Waals surface area contributed by atoms with Crippen LogP contribution in [0, 0.1) is 0 Å². The number of rotatable bonds is 1. The van der Waals surface area contributed by atoms with Crippen LogP contribution in [0.25, 0.3) is 0 Å². The lowest BCUT2D eigenvalue weighted by Crippen LogP contribution is -2.46. The first-order valence-corrected chi connectivity index (χ1v) is 4.74. The normalized spacial score (nSPS) is 22.5. The molecule has 0 saturated heterocycles. The van der Waals surface area contributed by atoms with Crippen LogP contribution >= 0.6 is 0 Å². The molecular weight excluding hydrogens is 194 g/mol. The molecule has 3 rings (SSSR count). The Kier molecular flexibility index (Phi) is 1.67. The van der Waals surface area contributed by atoms with Gasteiger partial charge in [0.2, 0.25) is 5.96 Å². The average molecular weight is 203 g/mol. The molecular formula is C9H9N5O. The first-order chi connectivity index (χ1) is 7.40. The lowest BCUT2D eigenvalue weighted by molar-refractivity contribution is -0.109. The number of nitrogens with zero attached hydrogens (tertiary/aromatic N) is 4. The van der Waals surface area contributed by atoms with Crippen LogP contribution in [0.15, 0.2) is 17.5 Å². The third kappa shape index (κ3) is 1.11. The van der Waals surface area contributed by atoms with Crippen molar-refractivity contribution in [2.45, 2.75) is 6.04 Å². The second-order valence-corrected chi connectivity index (χ2v) is 3.42. The Morgan fingerprint density at radius 1 is 1.60 bits per heavy atom. The molecule has 0 aliphatic carbocycles. The SMILES string of the molecule is O=CC1NC2=NCCN2c2ncncc21. The van der Waals surface area contributed by atoms with Gasteiger partial charge in [0.25, 0.3) is 0 Å². The molecule has 1 aromatic rings. The third-order valence-electron chi connectivity index (χ3n) is 2.57. The molecule has 6 nitrogen and oxygen atoms in total. The van der Waals surface area contributed by atoms with E-state index in [-0.39, 0.29) is 6.04 Å². The van der Waals surface area contributed by atoms with Crippen molar-refractivity contribution in [2.75, 3.05) is 18.0 Å². The average Bonchev–Trinajstić information content (AvgIpc) is 2.76. The summed E-state index contributed by atoms with van der Waals surface area (Å²) in [6.45, 7) is 1.54. The van der Waals surface area contributed by atoms with Crippen LogP contribution in [-0.2, 0) is 4.79 Å². The summed E-state index contributed by atoms with van der Waals surface area (Å²) < 4.78 is 0. The zero-order valence-corrected chi connectivity index (χ0v) is 7.92. The van der Waals surface area contributed by atoms with E-state index in [9.17, 15) is 4.79 Å². The molecule has 1 aromatic heterocycles. The molecule has 0 amide bonds. The smallest absolute Gasteiger partial charge is 0.200 e. The molecule has 0 radical (unpaired) electrons. The number of hydrogen-bond acceptors (Lipinski definition) is 6. The van der Waals surface area contributed by atoms with Crippen molar-refractivity contribution in [3.8, 4) is 0 Å². The van der Waals surface area contributed by atoms with Crippen molar-refractivity contribution in [2.24, 2.45) is 4.99 Å². The topological polar surface area (TPSA) is 70.5 Å². The number of anilines is 1. The maximum atomic E-state index is 10.9. The van der Waals surface area contributed by atoms with Gasteiger partial charge in [-0.05, 0) is 0 Å². The largest absolute Gasteiger partial charge is 0.342 e. The fraction of sp³-hybridized carbons (Fsp3) is 0.333. The lowest BCUT2D eigenvalue weighted by atomic mass is 10.1. The quantitative estimate of drug-likeness (QED) is 0.623. The first-order valence-electron chi connectivity index (χ1n) is 4.74. The van der Waals surface area contributed by atoms with Crippen molar-refractivity contribution < 1.29 is 4.79 Å². The van der Waals surface area contributed by atoms with E-state index in [1.807, 2.05) is 4.90 Å². The monoisotopic (exact) mass is 203 g/mol. The van der Waals surface area contributed by atoms with Crippen LogP contribution in [-0.4, -0.2) is 35.3 Å². The lowest BCUT2D eigenvalue weighted by Gasteiger charge is -2.30. The van der Waals surface area contributed by atoms with E-state index in [2.05, 4.69) is 20.3 Å². The standard InChI is InChI=1S/C9H9N5O/c15-4-7-6-3-10-5-12-8(6)14-2-1-11-9(14)13-7/h3-5,7H,1-2H2,(H,11,13). The number of aromatic nitrogens is 2. The fourth-order valence-corrected chi connectivity index (χ4v) is 1.88. The number of fused-ring (bicyclic) bond motifs is 3. The highest BCUT2D eigenvalue weighted by Crippen LogP contribution is 2.28. The van der Waals surface area contributed by atoms with Crippen LogP contribution in [0.5, 0.6) is 0 Å². The second kappa shape index (κ2) is 3.01. The minimum atomic E-state index is -0.380. The Morgan fingerprint density at radius 3 is 3.40 bits per heavy atom. The Labute approximate surface area is 86.1 Å². The van der Waals surface area contributed by atoms with Crippen molar-refractivity contribution in [1.82, 2.24) is 15.3 Å². The van der Waals surface area contributed by atoms with Gasteiger partial charge in [0.1, 0.15) is 24.5 Å². The van der Waals surface area contributed by atoms with Crippen molar-refractivity contribution in [3.63, 3.8) is 0 Å². The molecule has 15 heavy (non-hydrogen) atoms. The van der Waals surface area contributed by atoms with Crippen LogP contribution in [0.4, 0.5) is 5.82 Å². The van der Waals surface area contributed by atoms with Crippen molar-refractivity contribution >= 4 is 18.1 Å². The van der Waals surface area contributed by atoms with Gasteiger partial charge in [-0.1, -0.05) is 0 Å². The van der Waals surface area contributed by atoms with E-state index in [4.69, 9.17) is 0 Å². The molecule has 0 aromatic carbocycles. The van der Waals surface area contributed by atoms with Crippen LogP contribution in [0.1, 0.15) is 11.6 Å². The summed E-state index contributed by atoms with van der Waals surface area (Å²) in [5.74, 6) is 1.52. The van der Waals surface area contributed by atoms with Crippen molar-refractivity contribution in [1.29, 1.82) is 0 Å². The molecule has 0 bridgehead atoms. The number of guanidine groups is 1. The highest BCUT2D eigenvalue weighted by atomic mass is 16.1. The van der Waals surface area contributed by atoms with E-state index < -0.39 is 0 Å². The highest BCUT2D eigenvalue weighted by Gasteiger charge is 2.32. The summed E-state index contributed by atoms with van der Waals surface area (Å²) in [4.78, 5) is 25.3. The number of aldehydes is 1. The van der Waals surface area contributed by atoms with Gasteiger partial charge in [-0.3, -0.25) is 9.89 Å². The Bertz CT molecular complexity index is 444. The van der Waals surface area contributed by atoms with Crippen LogP contribution < -0.4 is 10.2 Å². The number of carbonyl (C=O) groups excluding carboxylic acids is 1. The van der Waals surface area contributed by atoms with Gasteiger partial charge in [0, 0.05) is 18.3 Å². The molecule has 2 aliphatic heterocycles. The van der Waals surface area contributed by atoms with E-state index in [1.165, 1.54) is 6.33 Å². The molecule has 76 valence electrons. The third-order valence-corrected chi connectivity index (χ3v) is 2.57. The molecule has 1 unspecified atom stereocenters. The molecule has 1 atom stereocenters. The molecule has 1 N–H and O–H groups in total. The minimum absolute atomic E-state index is 0.380. The summed E-state index contributed by atoms with van der Waals surface area (Å²) in [6.07, 6.45) is 4.01. The highest BCUT2D eigenvalue weighted by molar-refractivity contribution is 6.01. The zero-order valence-electron chi connectivity index (χ0n) is 7.92. The van der Waals surface area contributed by atoms with Gasteiger partial charge in [-0.15, -0.1) is 0 Å². The number of nitrogens with one attached hydrogen (secondary N) is 1. The maximum Gasteiger partial charge on any atom is 0.200 e. The van der Waals surface area contributed by atoms with Crippen molar-refractivity contribution in [3.05, 3.63) is 18.1 Å². The molecule has 3 heterocycles. The van der Waals surface area contributed by atoms with E-state index in [1.54, 1.807) is 6.20 Å². The summed E-state index contributed by atoms with van der Waals surface area (Å²) in [5, 5.41) is 3.05. The van der Waals surface area contributed by atoms with Gasteiger partial charge >= 0.3 is 0 Å². The number of carbonyl (C=O) groups is 1. The Balaban J connectivity index is 2.15. The first kappa shape index (κ1) is 8.34. The summed E-state index contributed by atoms with van der Waals surface area (Å²) in [5.41, 5.74) is 0.813. The van der Waals surface area contributed by atoms with E-state index >= 15 is 0 Å². The molecule has 0 saturated carbocycles. The zero-order chi connectivity index (χ0) is 10.3. The molecule has 0 fully saturated rings. The van der Waals surface area contributed by atoms with Gasteiger partial charge in [-0.2, -0.15) is 0 Å². The molecule has 6 heteroatoms. The summed E-state index contributed by atoms with van der Waals surface area (Å²) >= 11 is 0. The van der Waals surface area contributed by atoms with Crippen LogP contribution in [0.2, 0.25) is 0 Å². The summed E-state index contributed by atoms with van der Waals surface area (Å²) in [6, 6.07) is -0.380. The second-order valence-electron chi connectivity index (χ2n) is 3.42. The van der Waals surface area contributed by atoms with Gasteiger partial charge < -0.3 is 10.1 Å². The molecule has 2 aliphatic rings. The van der Waals surface area contributed by atoms with Crippen LogP contribution in [0.3, 0.4) is 0 Å². The van der Waals surface area contributed by atoms with Gasteiger partial charge in [0.15, 0.2) is 0 Å². The Hall–Kier alpha value is -1.98. The number of hydrogen-bond donors (Lipinski definition) is 1. The number of aliphatic imine (C=N–C) groups is 1. The maximum absolute atomic E-state index is 10.9. The molecule has 0 spiro atoms. The van der Waals surface area contributed by atoms with E-state index in [0.717, 1.165) is 36.7 Å². The Morgan fingerprint density at radius 2 is 2.53 bits per heavy atom. The fourth-order valence-electron chi connectivity index (χ4n) is 1.88. The van der Waals surface area contributed by atoms with E-state index in [0.29, 0.717) is 0 Å². The predicted molar refractivity (Wildman–Crippen MR) is 53.6 cm³/mol. The predicted octanol–water partition coefficient (Wildman–Crippen LogP) is -0.504.